The first-order chi connectivity index (χ1) is 13.7. The maximum absolute atomic E-state index is 12.8. The van der Waals surface area contributed by atoms with Crippen molar-refractivity contribution in [1.82, 2.24) is 25.2 Å². The number of hydrogen-bond acceptors (Lipinski definition) is 6. The van der Waals surface area contributed by atoms with Crippen molar-refractivity contribution in [2.45, 2.75) is 6.61 Å². The normalized spacial score (nSPS) is 15.1. The molecule has 1 fully saturated rings. The first-order valence-electron chi connectivity index (χ1n) is 8.91. The number of pyridine rings is 1. The fourth-order valence-electron chi connectivity index (χ4n) is 3.22. The Balaban J connectivity index is 1.72. The molecule has 1 amide bonds. The van der Waals surface area contributed by atoms with E-state index in [0.29, 0.717) is 42.6 Å². The van der Waals surface area contributed by atoms with E-state index in [1.807, 2.05) is 17.1 Å². The molecule has 1 aliphatic rings. The Morgan fingerprint density at radius 2 is 2.14 bits per heavy atom. The van der Waals surface area contributed by atoms with Gasteiger partial charge < -0.3 is 9.47 Å². The smallest absolute Gasteiger partial charge is 0.269 e. The van der Waals surface area contributed by atoms with Gasteiger partial charge in [-0.25, -0.2) is 9.69 Å². The minimum atomic E-state index is -0.221. The van der Waals surface area contributed by atoms with Crippen LogP contribution in [0.2, 0.25) is 5.02 Å². The number of methoxy groups -OCH3 is 1. The lowest BCUT2D eigenvalue weighted by Crippen LogP contribution is -2.48. The van der Waals surface area contributed by atoms with Crippen LogP contribution in [0.15, 0.2) is 36.7 Å². The molecule has 28 heavy (non-hydrogen) atoms. The number of hydrazine groups is 1. The van der Waals surface area contributed by atoms with Gasteiger partial charge in [-0.3, -0.25) is 15.2 Å². The fourth-order valence-corrected chi connectivity index (χ4v) is 3.38. The number of nitrogens with one attached hydrogen (secondary N) is 1. The van der Waals surface area contributed by atoms with Crippen molar-refractivity contribution in [2.24, 2.45) is 0 Å². The Bertz CT molecular complexity index is 1000. The highest BCUT2D eigenvalue weighted by Crippen LogP contribution is 2.25. The van der Waals surface area contributed by atoms with Crippen LogP contribution in [-0.4, -0.2) is 59.1 Å². The Hall–Kier alpha value is -2.52. The van der Waals surface area contributed by atoms with Gasteiger partial charge in [0, 0.05) is 36.8 Å². The highest BCUT2D eigenvalue weighted by atomic mass is 35.5. The molecule has 2 aromatic heterocycles. The van der Waals surface area contributed by atoms with Crippen LogP contribution in [0.4, 0.5) is 0 Å². The molecule has 0 saturated carbocycles. The standard InChI is InChI=1S/C19H20ClN5O3/c1-27-12-18-15(19(26)23-24-6-8-28-9-7-24)11-22-25(18)17-4-5-21-16-10-13(20)2-3-14(16)17/h2-5,10-11H,6-9,12H2,1H3,(H,23,26). The van der Waals surface area contributed by atoms with Gasteiger partial charge in [-0.15, -0.1) is 0 Å². The van der Waals surface area contributed by atoms with E-state index in [4.69, 9.17) is 21.1 Å². The summed E-state index contributed by atoms with van der Waals surface area (Å²) in [5, 5.41) is 7.81. The maximum Gasteiger partial charge on any atom is 0.269 e. The number of morpholine rings is 1. The molecule has 1 saturated heterocycles. The Kier molecular flexibility index (Phi) is 5.54. The van der Waals surface area contributed by atoms with Crippen LogP contribution in [0.1, 0.15) is 16.1 Å². The highest BCUT2D eigenvalue weighted by Gasteiger charge is 2.22. The highest BCUT2D eigenvalue weighted by molar-refractivity contribution is 6.31. The third-order valence-electron chi connectivity index (χ3n) is 4.58. The van der Waals surface area contributed by atoms with Crippen molar-refractivity contribution >= 4 is 28.4 Å². The van der Waals surface area contributed by atoms with E-state index >= 15 is 0 Å². The third-order valence-corrected chi connectivity index (χ3v) is 4.81. The number of carbonyl (C=O) groups is 1. The number of carbonyl (C=O) groups excluding carboxylic acids is 1. The first-order valence-corrected chi connectivity index (χ1v) is 9.29. The van der Waals surface area contributed by atoms with Crippen molar-refractivity contribution < 1.29 is 14.3 Å². The van der Waals surface area contributed by atoms with Crippen molar-refractivity contribution in [2.75, 3.05) is 33.4 Å². The maximum atomic E-state index is 12.8. The lowest BCUT2D eigenvalue weighted by atomic mass is 10.1. The van der Waals surface area contributed by atoms with Crippen molar-refractivity contribution in [3.05, 3.63) is 52.9 Å². The van der Waals surface area contributed by atoms with Crippen LogP contribution in [0, 0.1) is 0 Å². The Morgan fingerprint density at radius 3 is 2.93 bits per heavy atom. The summed E-state index contributed by atoms with van der Waals surface area (Å²) in [6.45, 7) is 2.72. The second-order valence-electron chi connectivity index (χ2n) is 6.38. The van der Waals surface area contributed by atoms with E-state index in [-0.39, 0.29) is 12.5 Å². The molecule has 1 N–H and O–H groups in total. The van der Waals surface area contributed by atoms with Gasteiger partial charge in [-0.05, 0) is 24.3 Å². The summed E-state index contributed by atoms with van der Waals surface area (Å²) >= 11 is 6.09. The summed E-state index contributed by atoms with van der Waals surface area (Å²) in [6.07, 6.45) is 3.26. The number of halogens is 1. The SMILES string of the molecule is COCc1c(C(=O)NN2CCOCC2)cnn1-c1ccnc2cc(Cl)ccc12. The molecule has 8 nitrogen and oxygen atoms in total. The van der Waals surface area contributed by atoms with Crippen LogP contribution in [0.5, 0.6) is 0 Å². The van der Waals surface area contributed by atoms with Crippen LogP contribution < -0.4 is 5.43 Å². The van der Waals surface area contributed by atoms with Gasteiger partial charge in [-0.2, -0.15) is 5.10 Å². The molecule has 146 valence electrons. The minimum Gasteiger partial charge on any atom is -0.379 e. The van der Waals surface area contributed by atoms with Gasteiger partial charge in [-0.1, -0.05) is 11.6 Å². The zero-order valence-corrected chi connectivity index (χ0v) is 16.1. The predicted octanol–water partition coefficient (Wildman–Crippen LogP) is 2.20. The van der Waals surface area contributed by atoms with Crippen molar-refractivity contribution in [1.29, 1.82) is 0 Å². The largest absolute Gasteiger partial charge is 0.379 e. The summed E-state index contributed by atoms with van der Waals surface area (Å²) in [4.78, 5) is 17.2. The lowest BCUT2D eigenvalue weighted by Gasteiger charge is -2.26. The summed E-state index contributed by atoms with van der Waals surface area (Å²) in [6, 6.07) is 7.35. The van der Waals surface area contributed by atoms with Gasteiger partial charge in [0.2, 0.25) is 0 Å². The number of aromatic nitrogens is 3. The molecule has 9 heteroatoms. The first kappa shape index (κ1) is 18.8. The minimum absolute atomic E-state index is 0.221. The summed E-state index contributed by atoms with van der Waals surface area (Å²) in [7, 11) is 1.59. The third kappa shape index (κ3) is 3.72. The van der Waals surface area contributed by atoms with E-state index in [1.165, 1.54) is 0 Å². The molecule has 0 bridgehead atoms. The second kappa shape index (κ2) is 8.24. The zero-order chi connectivity index (χ0) is 19.5. The Labute approximate surface area is 167 Å². The van der Waals surface area contributed by atoms with Crippen LogP contribution in [0.25, 0.3) is 16.6 Å². The molecule has 0 radical (unpaired) electrons. The van der Waals surface area contributed by atoms with Crippen LogP contribution in [0.3, 0.4) is 0 Å². The number of hydrogen-bond donors (Lipinski definition) is 1. The molecule has 3 aromatic rings. The van der Waals surface area contributed by atoms with Crippen LogP contribution in [-0.2, 0) is 16.1 Å². The van der Waals surface area contributed by atoms with Crippen molar-refractivity contribution in [3.63, 3.8) is 0 Å². The number of fused-ring (bicyclic) bond motifs is 1. The van der Waals surface area contributed by atoms with E-state index in [0.717, 1.165) is 16.6 Å². The van der Waals surface area contributed by atoms with Crippen molar-refractivity contribution in [3.8, 4) is 5.69 Å². The molecule has 1 aliphatic heterocycles. The number of nitrogens with zero attached hydrogens (tertiary/aromatic N) is 4. The number of ether oxygens (including phenoxy) is 2. The summed E-state index contributed by atoms with van der Waals surface area (Å²) < 4.78 is 12.4. The van der Waals surface area contributed by atoms with Gasteiger partial charge >= 0.3 is 0 Å². The second-order valence-corrected chi connectivity index (χ2v) is 6.82. The monoisotopic (exact) mass is 401 g/mol. The molecule has 4 rings (SSSR count). The predicted molar refractivity (Wildman–Crippen MR) is 104 cm³/mol. The molecule has 3 heterocycles. The van der Waals surface area contributed by atoms with Gasteiger partial charge in [0.1, 0.15) is 0 Å². The Morgan fingerprint density at radius 1 is 1.32 bits per heavy atom. The van der Waals surface area contributed by atoms with E-state index < -0.39 is 0 Å². The topological polar surface area (TPSA) is 81.5 Å². The average Bonchev–Trinajstić information content (AvgIpc) is 3.12. The molecule has 0 spiro atoms. The molecule has 0 aliphatic carbocycles. The zero-order valence-electron chi connectivity index (χ0n) is 15.4. The van der Waals surface area contributed by atoms with Gasteiger partial charge in [0.05, 0.1) is 48.5 Å². The number of rotatable bonds is 5. The molecular formula is C19H20ClN5O3. The van der Waals surface area contributed by atoms with Gasteiger partial charge in [0.25, 0.3) is 5.91 Å². The number of amides is 1. The molecule has 0 atom stereocenters. The lowest BCUT2D eigenvalue weighted by molar-refractivity contribution is 0.0125. The summed E-state index contributed by atoms with van der Waals surface area (Å²) in [5.41, 5.74) is 5.60. The van der Waals surface area contributed by atoms with E-state index in [9.17, 15) is 4.79 Å². The summed E-state index contributed by atoms with van der Waals surface area (Å²) in [5.74, 6) is -0.221. The number of benzene rings is 1. The van der Waals surface area contributed by atoms with E-state index in [2.05, 4.69) is 15.5 Å². The molecular weight excluding hydrogens is 382 g/mol. The van der Waals surface area contributed by atoms with E-state index in [1.54, 1.807) is 36.3 Å². The quantitative estimate of drug-likeness (QED) is 0.705. The van der Waals surface area contributed by atoms with Gasteiger partial charge in [0.15, 0.2) is 0 Å². The molecule has 0 unspecified atom stereocenters. The molecule has 1 aromatic carbocycles. The average molecular weight is 402 g/mol. The fraction of sp³-hybridized carbons (Fsp3) is 0.316. The van der Waals surface area contributed by atoms with Crippen LogP contribution >= 0.6 is 11.6 Å².